The Morgan fingerprint density at radius 2 is 1.85 bits per heavy atom. The Morgan fingerprint density at radius 3 is 2.50 bits per heavy atom. The van der Waals surface area contributed by atoms with E-state index in [0.29, 0.717) is 5.58 Å². The highest BCUT2D eigenvalue weighted by atomic mass is 35.5. The molecule has 0 unspecified atom stereocenters. The van der Waals surface area contributed by atoms with Crippen LogP contribution in [0.25, 0.3) is 11.0 Å². The molecule has 3 rings (SSSR count). The Balaban J connectivity index is 1.69. The fourth-order valence-corrected chi connectivity index (χ4v) is 2.64. The molecule has 1 heterocycles. The van der Waals surface area contributed by atoms with Crippen LogP contribution in [0.1, 0.15) is 16.1 Å². The average molecular weight is 399 g/mol. The minimum Gasteiger partial charge on any atom is -0.451 e. The van der Waals surface area contributed by atoms with Gasteiger partial charge in [0, 0.05) is 5.39 Å². The quantitative estimate of drug-likeness (QED) is 0.580. The summed E-state index contributed by atoms with van der Waals surface area (Å²) >= 11 is 10.8. The highest BCUT2D eigenvalue weighted by molar-refractivity contribution is 7.80. The average Bonchev–Trinajstić information content (AvgIpc) is 3.00. The van der Waals surface area contributed by atoms with E-state index < -0.39 is 17.6 Å². The van der Waals surface area contributed by atoms with Crippen LogP contribution in [0.4, 0.5) is 18.9 Å². The monoisotopic (exact) mass is 398 g/mol. The zero-order valence-electron chi connectivity index (χ0n) is 12.9. The fraction of sp³-hybridized carbons (Fsp3) is 0.0588. The molecule has 0 saturated heterocycles. The number of carbonyl (C=O) groups excluding carboxylic acids is 1. The summed E-state index contributed by atoms with van der Waals surface area (Å²) in [6.07, 6.45) is -4.50. The fourth-order valence-electron chi connectivity index (χ4n) is 2.20. The van der Waals surface area contributed by atoms with Crippen molar-refractivity contribution in [3.05, 3.63) is 64.9 Å². The van der Waals surface area contributed by atoms with Crippen molar-refractivity contribution in [3.8, 4) is 0 Å². The van der Waals surface area contributed by atoms with Crippen LogP contribution in [-0.4, -0.2) is 11.0 Å². The number of furan rings is 1. The van der Waals surface area contributed by atoms with Gasteiger partial charge in [-0.2, -0.15) is 13.2 Å². The number of nitrogens with one attached hydrogen (secondary N) is 2. The lowest BCUT2D eigenvalue weighted by molar-refractivity contribution is -0.137. The maximum absolute atomic E-state index is 12.6. The lowest BCUT2D eigenvalue weighted by Gasteiger charge is -2.12. The van der Waals surface area contributed by atoms with E-state index in [1.165, 1.54) is 0 Å². The molecule has 0 aliphatic carbocycles. The molecule has 3 aromatic rings. The first kappa shape index (κ1) is 18.2. The number of hydrogen-bond acceptors (Lipinski definition) is 3. The molecular formula is C17H10ClF3N2O2S. The maximum Gasteiger partial charge on any atom is 0.416 e. The molecule has 2 N–H and O–H groups in total. The molecule has 26 heavy (non-hydrogen) atoms. The predicted octanol–water partition coefficient (Wildman–Crippen LogP) is 5.23. The van der Waals surface area contributed by atoms with E-state index in [-0.39, 0.29) is 21.6 Å². The van der Waals surface area contributed by atoms with Gasteiger partial charge in [0.1, 0.15) is 5.58 Å². The Kier molecular flexibility index (Phi) is 4.88. The molecule has 0 atom stereocenters. The van der Waals surface area contributed by atoms with Crippen molar-refractivity contribution in [2.45, 2.75) is 6.18 Å². The number of hydrogen-bond donors (Lipinski definition) is 2. The largest absolute Gasteiger partial charge is 0.451 e. The summed E-state index contributed by atoms with van der Waals surface area (Å²) in [5.74, 6) is -0.546. The number of fused-ring (bicyclic) bond motifs is 1. The summed E-state index contributed by atoms with van der Waals surface area (Å²) in [5, 5.41) is 5.41. The molecular weight excluding hydrogens is 389 g/mol. The second kappa shape index (κ2) is 6.97. The molecule has 4 nitrogen and oxygen atoms in total. The van der Waals surface area contributed by atoms with Gasteiger partial charge in [-0.25, -0.2) is 0 Å². The third kappa shape index (κ3) is 3.97. The standard InChI is InChI=1S/C17H10ClF3N2O2S/c18-11-8-10(17(19,20)21)5-6-12(11)22-16(26)23-15(24)14-7-9-3-1-2-4-13(9)25-14/h1-8H,(H2,22,23,24,26). The summed E-state index contributed by atoms with van der Waals surface area (Å²) < 4.78 is 43.3. The number of benzene rings is 2. The molecule has 0 radical (unpaired) electrons. The maximum atomic E-state index is 12.6. The summed E-state index contributed by atoms with van der Waals surface area (Å²) in [7, 11) is 0. The van der Waals surface area contributed by atoms with Crippen molar-refractivity contribution in [2.75, 3.05) is 5.32 Å². The molecule has 1 amide bonds. The van der Waals surface area contributed by atoms with Crippen LogP contribution >= 0.6 is 23.8 Å². The molecule has 0 fully saturated rings. The third-order valence-corrected chi connectivity index (χ3v) is 3.94. The third-order valence-electron chi connectivity index (χ3n) is 3.42. The van der Waals surface area contributed by atoms with Crippen LogP contribution in [0.5, 0.6) is 0 Å². The van der Waals surface area contributed by atoms with Crippen LogP contribution < -0.4 is 10.6 Å². The number of carbonyl (C=O) groups is 1. The van der Waals surface area contributed by atoms with Crippen molar-refractivity contribution < 1.29 is 22.4 Å². The van der Waals surface area contributed by atoms with Crippen LogP contribution in [0, 0.1) is 0 Å². The topological polar surface area (TPSA) is 54.3 Å². The minimum absolute atomic E-state index is 0.0499. The summed E-state index contributed by atoms with van der Waals surface area (Å²) in [6.45, 7) is 0. The second-order valence-corrected chi connectivity index (χ2v) is 6.06. The van der Waals surface area contributed by atoms with Crippen molar-refractivity contribution in [1.29, 1.82) is 0 Å². The molecule has 0 aliphatic rings. The predicted molar refractivity (Wildman–Crippen MR) is 96.4 cm³/mol. The first-order valence-electron chi connectivity index (χ1n) is 7.22. The van der Waals surface area contributed by atoms with Crippen LogP contribution in [0.3, 0.4) is 0 Å². The molecule has 0 bridgehead atoms. The molecule has 9 heteroatoms. The van der Waals surface area contributed by atoms with Gasteiger partial charge in [-0.3, -0.25) is 10.1 Å². The minimum atomic E-state index is -4.50. The molecule has 134 valence electrons. The van der Waals surface area contributed by atoms with E-state index in [4.69, 9.17) is 28.2 Å². The molecule has 0 aliphatic heterocycles. The van der Waals surface area contributed by atoms with E-state index in [1.807, 2.05) is 0 Å². The van der Waals surface area contributed by atoms with E-state index >= 15 is 0 Å². The van der Waals surface area contributed by atoms with Crippen LogP contribution in [-0.2, 0) is 6.18 Å². The molecule has 2 aromatic carbocycles. The van der Waals surface area contributed by atoms with Gasteiger partial charge < -0.3 is 9.73 Å². The van der Waals surface area contributed by atoms with E-state index in [2.05, 4.69) is 10.6 Å². The summed E-state index contributed by atoms with van der Waals surface area (Å²) in [4.78, 5) is 12.2. The number of halogens is 4. The van der Waals surface area contributed by atoms with Crippen molar-refractivity contribution in [3.63, 3.8) is 0 Å². The number of anilines is 1. The first-order chi connectivity index (χ1) is 12.2. The highest BCUT2D eigenvalue weighted by Crippen LogP contribution is 2.33. The Morgan fingerprint density at radius 1 is 1.12 bits per heavy atom. The first-order valence-corrected chi connectivity index (χ1v) is 8.00. The van der Waals surface area contributed by atoms with Crippen LogP contribution in [0.2, 0.25) is 5.02 Å². The number of thiocarbonyl (C=S) groups is 1. The van der Waals surface area contributed by atoms with Crippen molar-refractivity contribution in [2.24, 2.45) is 0 Å². The number of alkyl halides is 3. The van der Waals surface area contributed by atoms with Gasteiger partial charge >= 0.3 is 6.18 Å². The van der Waals surface area contributed by atoms with E-state index in [9.17, 15) is 18.0 Å². The highest BCUT2D eigenvalue weighted by Gasteiger charge is 2.31. The van der Waals surface area contributed by atoms with E-state index in [0.717, 1.165) is 23.6 Å². The van der Waals surface area contributed by atoms with Gasteiger partial charge in [0.2, 0.25) is 0 Å². The lowest BCUT2D eigenvalue weighted by atomic mass is 10.2. The van der Waals surface area contributed by atoms with Gasteiger partial charge in [-0.05, 0) is 42.5 Å². The van der Waals surface area contributed by atoms with E-state index in [1.54, 1.807) is 30.3 Å². The smallest absolute Gasteiger partial charge is 0.416 e. The number of amides is 1. The van der Waals surface area contributed by atoms with Gasteiger partial charge in [0.25, 0.3) is 5.91 Å². The normalized spacial score (nSPS) is 11.4. The molecule has 1 aromatic heterocycles. The van der Waals surface area contributed by atoms with Crippen molar-refractivity contribution >= 4 is 51.5 Å². The zero-order chi connectivity index (χ0) is 18.9. The van der Waals surface area contributed by atoms with Crippen LogP contribution in [0.15, 0.2) is 52.9 Å². The summed E-state index contributed by atoms with van der Waals surface area (Å²) in [5.41, 5.74) is -0.206. The Labute approximate surface area is 155 Å². The number of para-hydroxylation sites is 1. The van der Waals surface area contributed by atoms with Crippen molar-refractivity contribution in [1.82, 2.24) is 5.32 Å². The van der Waals surface area contributed by atoms with Gasteiger partial charge in [-0.15, -0.1) is 0 Å². The van der Waals surface area contributed by atoms with Gasteiger partial charge in [0.05, 0.1) is 16.3 Å². The summed E-state index contributed by atoms with van der Waals surface area (Å²) in [6, 6.07) is 11.4. The molecule has 0 spiro atoms. The Bertz CT molecular complexity index is 968. The zero-order valence-corrected chi connectivity index (χ0v) is 14.4. The second-order valence-electron chi connectivity index (χ2n) is 5.25. The SMILES string of the molecule is O=C(NC(=S)Nc1ccc(C(F)(F)F)cc1Cl)c1cc2ccccc2o1. The Hall–Kier alpha value is -2.58. The molecule has 0 saturated carbocycles. The van der Waals surface area contributed by atoms with Gasteiger partial charge in [-0.1, -0.05) is 29.8 Å². The lowest BCUT2D eigenvalue weighted by Crippen LogP contribution is -2.34. The number of rotatable bonds is 2. The van der Waals surface area contributed by atoms with Gasteiger partial charge in [0.15, 0.2) is 10.9 Å².